The minimum absolute atomic E-state index is 0.00132. The number of amides is 1. The van der Waals surface area contributed by atoms with E-state index in [0.717, 1.165) is 18.4 Å². The van der Waals surface area contributed by atoms with Crippen molar-refractivity contribution in [2.45, 2.75) is 31.2 Å². The highest BCUT2D eigenvalue weighted by Gasteiger charge is 2.33. The molecule has 3 nitrogen and oxygen atoms in total. The summed E-state index contributed by atoms with van der Waals surface area (Å²) in [6.45, 7) is 1.34. The minimum atomic E-state index is 0.00132. The molecule has 5 heteroatoms. The van der Waals surface area contributed by atoms with Crippen LogP contribution in [0.15, 0.2) is 48.5 Å². The molecule has 2 aromatic rings. The highest BCUT2D eigenvalue weighted by molar-refractivity contribution is 6.42. The third-order valence-electron chi connectivity index (χ3n) is 4.79. The fourth-order valence-electron chi connectivity index (χ4n) is 3.38. The summed E-state index contributed by atoms with van der Waals surface area (Å²) in [4.78, 5) is 14.4. The third kappa shape index (κ3) is 4.55. The van der Waals surface area contributed by atoms with Crippen molar-refractivity contribution in [1.29, 1.82) is 0 Å². The minimum Gasteiger partial charge on any atom is -0.340 e. The molecule has 0 unspecified atom stereocenters. The van der Waals surface area contributed by atoms with E-state index in [-0.39, 0.29) is 17.9 Å². The van der Waals surface area contributed by atoms with Gasteiger partial charge in [-0.3, -0.25) is 4.79 Å². The van der Waals surface area contributed by atoms with Crippen LogP contribution in [-0.2, 0) is 11.2 Å². The summed E-state index contributed by atoms with van der Waals surface area (Å²) in [5, 5.41) is 1.11. The lowest BCUT2D eigenvalue weighted by molar-refractivity contribution is -0.130. The molecule has 2 aromatic carbocycles. The van der Waals surface area contributed by atoms with Gasteiger partial charge in [-0.1, -0.05) is 59.6 Å². The molecule has 2 N–H and O–H groups in total. The lowest BCUT2D eigenvalue weighted by Gasteiger charge is -2.16. The molecule has 3 rings (SSSR count). The number of nitrogens with two attached hydrogens (primary N) is 1. The maximum atomic E-state index is 12.5. The van der Waals surface area contributed by atoms with Crippen molar-refractivity contribution >= 4 is 29.1 Å². The van der Waals surface area contributed by atoms with E-state index in [2.05, 4.69) is 12.1 Å². The van der Waals surface area contributed by atoms with E-state index in [1.165, 1.54) is 5.56 Å². The number of rotatable bonds is 5. The molecule has 1 saturated heterocycles. The lowest BCUT2D eigenvalue weighted by Crippen LogP contribution is -2.32. The Morgan fingerprint density at radius 1 is 1.08 bits per heavy atom. The van der Waals surface area contributed by atoms with E-state index >= 15 is 0 Å². The van der Waals surface area contributed by atoms with Gasteiger partial charge in [-0.25, -0.2) is 0 Å². The van der Waals surface area contributed by atoms with Crippen LogP contribution >= 0.6 is 23.2 Å². The number of likely N-dealkylation sites (tertiary alicyclic amines) is 1. The molecule has 0 radical (unpaired) electrons. The first-order chi connectivity index (χ1) is 12.0. The molecular weight excluding hydrogens is 355 g/mol. The zero-order valence-electron chi connectivity index (χ0n) is 14.0. The third-order valence-corrected chi connectivity index (χ3v) is 5.52. The number of hydrogen-bond acceptors (Lipinski definition) is 2. The van der Waals surface area contributed by atoms with Crippen LogP contribution in [0, 0.1) is 0 Å². The van der Waals surface area contributed by atoms with Crippen molar-refractivity contribution in [3.8, 4) is 0 Å². The topological polar surface area (TPSA) is 46.3 Å². The Morgan fingerprint density at radius 3 is 2.56 bits per heavy atom. The van der Waals surface area contributed by atoms with Crippen LogP contribution in [0.3, 0.4) is 0 Å². The van der Waals surface area contributed by atoms with Crippen molar-refractivity contribution in [2.75, 3.05) is 13.1 Å². The molecule has 1 aliphatic rings. The highest BCUT2D eigenvalue weighted by Crippen LogP contribution is 2.27. The standard InChI is InChI=1S/C20H22Cl2N2O/c21-17-10-9-14(11-18(17)22)5-4-8-20(25)24-12-16(19(23)13-24)15-6-2-1-3-7-15/h1-3,6-7,9-11,16,19H,4-5,8,12-13,23H2/t16-,19+/m0/s1. The molecule has 1 fully saturated rings. The molecule has 132 valence electrons. The van der Waals surface area contributed by atoms with Crippen LogP contribution in [0.4, 0.5) is 0 Å². The lowest BCUT2D eigenvalue weighted by atomic mass is 9.95. The molecule has 25 heavy (non-hydrogen) atoms. The quantitative estimate of drug-likeness (QED) is 0.846. The zero-order valence-corrected chi connectivity index (χ0v) is 15.5. The normalized spacial score (nSPS) is 20.0. The highest BCUT2D eigenvalue weighted by atomic mass is 35.5. The molecule has 0 aromatic heterocycles. The van der Waals surface area contributed by atoms with Gasteiger partial charge < -0.3 is 10.6 Å². The largest absolute Gasteiger partial charge is 0.340 e. The molecule has 0 spiro atoms. The predicted molar refractivity (Wildman–Crippen MR) is 103 cm³/mol. The Morgan fingerprint density at radius 2 is 1.84 bits per heavy atom. The fourth-order valence-corrected chi connectivity index (χ4v) is 3.70. The van der Waals surface area contributed by atoms with E-state index in [1.807, 2.05) is 35.2 Å². The van der Waals surface area contributed by atoms with Gasteiger partial charge in [0.05, 0.1) is 10.0 Å². The molecule has 0 aliphatic carbocycles. The van der Waals surface area contributed by atoms with Crippen molar-refractivity contribution < 1.29 is 4.79 Å². The van der Waals surface area contributed by atoms with Gasteiger partial charge in [0.25, 0.3) is 0 Å². The Hall–Kier alpha value is -1.55. The fraction of sp³-hybridized carbons (Fsp3) is 0.350. The van der Waals surface area contributed by atoms with Gasteiger partial charge in [0.15, 0.2) is 0 Å². The number of nitrogens with zero attached hydrogens (tertiary/aromatic N) is 1. The summed E-state index contributed by atoms with van der Waals surface area (Å²) in [7, 11) is 0. The zero-order chi connectivity index (χ0) is 17.8. The average Bonchev–Trinajstić information content (AvgIpc) is 3.01. The number of benzene rings is 2. The van der Waals surface area contributed by atoms with Crippen LogP contribution in [-0.4, -0.2) is 29.9 Å². The summed E-state index contributed by atoms with van der Waals surface area (Å²) < 4.78 is 0. The van der Waals surface area contributed by atoms with Gasteiger partial charge in [-0.15, -0.1) is 0 Å². The molecule has 1 heterocycles. The average molecular weight is 377 g/mol. The maximum Gasteiger partial charge on any atom is 0.222 e. The van der Waals surface area contributed by atoms with Crippen molar-refractivity contribution in [3.63, 3.8) is 0 Å². The maximum absolute atomic E-state index is 12.5. The number of carbonyl (C=O) groups excluding carboxylic acids is 1. The number of hydrogen-bond donors (Lipinski definition) is 1. The first kappa shape index (κ1) is 18.2. The van der Waals surface area contributed by atoms with E-state index < -0.39 is 0 Å². The smallest absolute Gasteiger partial charge is 0.222 e. The van der Waals surface area contributed by atoms with Crippen molar-refractivity contribution in [1.82, 2.24) is 4.90 Å². The summed E-state index contributed by atoms with van der Waals surface area (Å²) >= 11 is 12.0. The monoisotopic (exact) mass is 376 g/mol. The summed E-state index contributed by atoms with van der Waals surface area (Å²) in [6, 6.07) is 15.8. The molecule has 1 aliphatic heterocycles. The van der Waals surface area contributed by atoms with Crippen molar-refractivity contribution in [3.05, 3.63) is 69.7 Å². The Kier molecular flexibility index (Phi) is 6.00. The number of halogens is 2. The first-order valence-electron chi connectivity index (χ1n) is 8.57. The van der Waals surface area contributed by atoms with Crippen LogP contribution < -0.4 is 5.73 Å². The second kappa shape index (κ2) is 8.22. The van der Waals surface area contributed by atoms with Gasteiger partial charge in [-0.2, -0.15) is 0 Å². The molecular formula is C20H22Cl2N2O. The Labute approximate surface area is 158 Å². The second-order valence-corrected chi connectivity index (χ2v) is 7.40. The van der Waals surface area contributed by atoms with E-state index in [0.29, 0.717) is 29.6 Å². The van der Waals surface area contributed by atoms with Gasteiger partial charge in [0.2, 0.25) is 5.91 Å². The summed E-state index contributed by atoms with van der Waals surface area (Å²) in [5.41, 5.74) is 8.58. The molecule has 2 atom stereocenters. The molecule has 1 amide bonds. The Bertz CT molecular complexity index is 736. The summed E-state index contributed by atoms with van der Waals surface area (Å²) in [5.74, 6) is 0.397. The SMILES string of the molecule is N[C@@H]1CN(C(=O)CCCc2ccc(Cl)c(Cl)c2)C[C@H]1c1ccccc1. The van der Waals surface area contributed by atoms with Gasteiger partial charge >= 0.3 is 0 Å². The van der Waals surface area contributed by atoms with Crippen LogP contribution in [0.5, 0.6) is 0 Å². The van der Waals surface area contributed by atoms with Crippen LogP contribution in [0.1, 0.15) is 29.9 Å². The van der Waals surface area contributed by atoms with Gasteiger partial charge in [0, 0.05) is 31.5 Å². The summed E-state index contributed by atoms with van der Waals surface area (Å²) in [6.07, 6.45) is 2.12. The molecule has 0 bridgehead atoms. The Balaban J connectivity index is 1.51. The first-order valence-corrected chi connectivity index (χ1v) is 9.32. The van der Waals surface area contributed by atoms with Gasteiger partial charge in [-0.05, 0) is 36.1 Å². The van der Waals surface area contributed by atoms with Gasteiger partial charge in [0.1, 0.15) is 0 Å². The number of aryl methyl sites for hydroxylation is 1. The van der Waals surface area contributed by atoms with Crippen LogP contribution in [0.2, 0.25) is 10.0 Å². The van der Waals surface area contributed by atoms with Crippen LogP contribution in [0.25, 0.3) is 0 Å². The molecule has 0 saturated carbocycles. The van der Waals surface area contributed by atoms with E-state index in [4.69, 9.17) is 28.9 Å². The second-order valence-electron chi connectivity index (χ2n) is 6.58. The van der Waals surface area contributed by atoms with Crippen molar-refractivity contribution in [2.24, 2.45) is 5.73 Å². The van der Waals surface area contributed by atoms with E-state index in [1.54, 1.807) is 6.07 Å². The predicted octanol–water partition coefficient (Wildman–Crippen LogP) is 4.27. The van der Waals surface area contributed by atoms with E-state index in [9.17, 15) is 4.79 Å². The number of carbonyl (C=O) groups is 1.